The second-order valence-corrected chi connectivity index (χ2v) is 8.57. The molecule has 0 amide bonds. The molecule has 37 heavy (non-hydrogen) atoms. The van der Waals surface area contributed by atoms with Gasteiger partial charge in [0.2, 0.25) is 12.4 Å². The SMILES string of the molecule is CCCCCCOc1ccc(O[C@@H]2O[C@H](COC(C)=O)[C@@H](OC(C)=O)[C@H](OC(C)=O)[C@H]2OC(C)=O)cc1. The van der Waals surface area contributed by atoms with E-state index in [1.165, 1.54) is 13.8 Å². The van der Waals surface area contributed by atoms with Crippen molar-refractivity contribution in [3.63, 3.8) is 0 Å². The minimum absolute atomic E-state index is 0.331. The van der Waals surface area contributed by atoms with Gasteiger partial charge in [0.05, 0.1) is 6.61 Å². The maximum Gasteiger partial charge on any atom is 0.303 e. The molecule has 0 N–H and O–H groups in total. The smallest absolute Gasteiger partial charge is 0.303 e. The van der Waals surface area contributed by atoms with E-state index in [2.05, 4.69) is 6.92 Å². The molecule has 5 atom stereocenters. The number of rotatable bonds is 13. The first-order chi connectivity index (χ1) is 17.6. The number of hydrogen-bond donors (Lipinski definition) is 0. The van der Waals surface area contributed by atoms with Gasteiger partial charge in [0.15, 0.2) is 12.2 Å². The average Bonchev–Trinajstić information content (AvgIpc) is 2.81. The molecule has 1 aliphatic heterocycles. The molecule has 1 fully saturated rings. The largest absolute Gasteiger partial charge is 0.494 e. The highest BCUT2D eigenvalue weighted by molar-refractivity contribution is 5.68. The van der Waals surface area contributed by atoms with E-state index in [1.54, 1.807) is 24.3 Å². The summed E-state index contributed by atoms with van der Waals surface area (Å²) < 4.78 is 38.8. The fourth-order valence-electron chi connectivity index (χ4n) is 3.75. The van der Waals surface area contributed by atoms with Crippen molar-refractivity contribution >= 4 is 23.9 Å². The monoisotopic (exact) mass is 524 g/mol. The molecule has 11 nitrogen and oxygen atoms in total. The lowest BCUT2D eigenvalue weighted by molar-refractivity contribution is -0.288. The molecule has 0 unspecified atom stereocenters. The van der Waals surface area contributed by atoms with Crippen LogP contribution in [0, 0.1) is 0 Å². The topological polar surface area (TPSA) is 133 Å². The first-order valence-electron chi connectivity index (χ1n) is 12.3. The van der Waals surface area contributed by atoms with Crippen molar-refractivity contribution in [1.29, 1.82) is 0 Å². The molecular weight excluding hydrogens is 488 g/mol. The molecule has 0 aromatic heterocycles. The number of benzene rings is 1. The predicted octanol–water partition coefficient (Wildman–Crippen LogP) is 3.11. The second kappa shape index (κ2) is 15.0. The summed E-state index contributed by atoms with van der Waals surface area (Å²) in [6.45, 7) is 7.10. The van der Waals surface area contributed by atoms with Crippen LogP contribution >= 0.6 is 0 Å². The first-order valence-corrected chi connectivity index (χ1v) is 12.3. The lowest BCUT2D eigenvalue weighted by Crippen LogP contribution is -2.63. The highest BCUT2D eigenvalue weighted by Crippen LogP contribution is 2.31. The van der Waals surface area contributed by atoms with E-state index < -0.39 is 54.6 Å². The number of ether oxygens (including phenoxy) is 7. The van der Waals surface area contributed by atoms with E-state index in [1.807, 2.05) is 0 Å². The Hall–Kier alpha value is -3.34. The molecule has 0 spiro atoms. The van der Waals surface area contributed by atoms with Gasteiger partial charge in [0, 0.05) is 27.7 Å². The molecular formula is C26H36O11. The Morgan fingerprint density at radius 3 is 1.86 bits per heavy atom. The van der Waals surface area contributed by atoms with Crippen molar-refractivity contribution in [3.05, 3.63) is 24.3 Å². The van der Waals surface area contributed by atoms with Gasteiger partial charge in [-0.05, 0) is 30.7 Å². The van der Waals surface area contributed by atoms with Gasteiger partial charge in [0.25, 0.3) is 0 Å². The molecule has 1 aliphatic rings. The first kappa shape index (κ1) is 29.9. The summed E-state index contributed by atoms with van der Waals surface area (Å²) in [5.74, 6) is -1.72. The Labute approximate surface area is 216 Å². The summed E-state index contributed by atoms with van der Waals surface area (Å²) in [4.78, 5) is 47.1. The van der Waals surface area contributed by atoms with Crippen molar-refractivity contribution in [2.45, 2.75) is 91.0 Å². The van der Waals surface area contributed by atoms with Crippen molar-refractivity contribution in [1.82, 2.24) is 0 Å². The molecule has 206 valence electrons. The summed E-state index contributed by atoms with van der Waals surface area (Å²) >= 11 is 0. The molecule has 0 radical (unpaired) electrons. The van der Waals surface area contributed by atoms with Gasteiger partial charge in [-0.3, -0.25) is 19.2 Å². The van der Waals surface area contributed by atoms with E-state index in [-0.39, 0.29) is 6.61 Å². The molecule has 0 saturated carbocycles. The lowest BCUT2D eigenvalue weighted by Gasteiger charge is -2.43. The Morgan fingerprint density at radius 1 is 0.730 bits per heavy atom. The van der Waals surface area contributed by atoms with Crippen LogP contribution in [0.2, 0.25) is 0 Å². The zero-order valence-corrected chi connectivity index (χ0v) is 21.9. The van der Waals surface area contributed by atoms with Crippen molar-refractivity contribution in [3.8, 4) is 11.5 Å². The summed E-state index contributed by atoms with van der Waals surface area (Å²) in [6.07, 6.45) is -1.85. The van der Waals surface area contributed by atoms with Crippen LogP contribution in [0.1, 0.15) is 60.3 Å². The molecule has 1 heterocycles. The molecule has 11 heteroatoms. The fourth-order valence-corrected chi connectivity index (χ4v) is 3.75. The van der Waals surface area contributed by atoms with Crippen LogP contribution in [0.3, 0.4) is 0 Å². The molecule has 1 aromatic rings. The van der Waals surface area contributed by atoms with Crippen LogP contribution < -0.4 is 9.47 Å². The minimum Gasteiger partial charge on any atom is -0.494 e. The van der Waals surface area contributed by atoms with E-state index in [9.17, 15) is 19.2 Å². The summed E-state index contributed by atoms with van der Waals surface area (Å²) in [5, 5.41) is 0. The van der Waals surface area contributed by atoms with Crippen molar-refractivity contribution < 1.29 is 52.3 Å². The molecule has 0 bridgehead atoms. The number of carbonyl (C=O) groups is 4. The maximum absolute atomic E-state index is 11.9. The van der Waals surface area contributed by atoms with Gasteiger partial charge >= 0.3 is 23.9 Å². The van der Waals surface area contributed by atoms with E-state index in [0.717, 1.165) is 39.5 Å². The maximum atomic E-state index is 11.9. The van der Waals surface area contributed by atoms with Crippen LogP contribution in [0.15, 0.2) is 24.3 Å². The third-order valence-electron chi connectivity index (χ3n) is 5.29. The minimum atomic E-state index is -1.30. The van der Waals surface area contributed by atoms with E-state index in [0.29, 0.717) is 18.1 Å². The Balaban J connectivity index is 2.26. The number of esters is 4. The standard InChI is InChI=1S/C26H36O11/c1-6-7-8-9-14-31-20-10-12-21(13-11-20)36-26-25(35-19(5)30)24(34-18(4)29)23(33-17(3)28)22(37-26)15-32-16(2)27/h10-13,22-26H,6-9,14-15H2,1-5H3/t22-,23-,24+,25-,26-/m1/s1. The van der Waals surface area contributed by atoms with Crippen molar-refractivity contribution in [2.75, 3.05) is 13.2 Å². The zero-order valence-electron chi connectivity index (χ0n) is 21.9. The van der Waals surface area contributed by atoms with E-state index >= 15 is 0 Å². The Kier molecular flexibility index (Phi) is 12.1. The fraction of sp³-hybridized carbons (Fsp3) is 0.615. The van der Waals surface area contributed by atoms with Crippen molar-refractivity contribution in [2.24, 2.45) is 0 Å². The quantitative estimate of drug-likeness (QED) is 0.214. The predicted molar refractivity (Wildman–Crippen MR) is 129 cm³/mol. The third-order valence-corrected chi connectivity index (χ3v) is 5.29. The highest BCUT2D eigenvalue weighted by Gasteiger charge is 2.53. The van der Waals surface area contributed by atoms with Crippen LogP contribution in [0.25, 0.3) is 0 Å². The van der Waals surface area contributed by atoms with Gasteiger partial charge in [-0.25, -0.2) is 0 Å². The zero-order chi connectivity index (χ0) is 27.4. The third kappa shape index (κ3) is 10.3. The summed E-state index contributed by atoms with van der Waals surface area (Å²) in [7, 11) is 0. The summed E-state index contributed by atoms with van der Waals surface area (Å²) in [6, 6.07) is 6.74. The van der Waals surface area contributed by atoms with Gasteiger partial charge < -0.3 is 33.2 Å². The Bertz CT molecular complexity index is 898. The number of carbonyl (C=O) groups excluding carboxylic acids is 4. The number of hydrogen-bond acceptors (Lipinski definition) is 11. The van der Waals surface area contributed by atoms with Gasteiger partial charge in [-0.1, -0.05) is 26.2 Å². The molecule has 2 rings (SSSR count). The van der Waals surface area contributed by atoms with Gasteiger partial charge in [-0.2, -0.15) is 0 Å². The van der Waals surface area contributed by atoms with Crippen LogP contribution in [-0.2, 0) is 42.9 Å². The average molecular weight is 525 g/mol. The van der Waals surface area contributed by atoms with Crippen LogP contribution in [-0.4, -0.2) is 67.8 Å². The molecule has 0 aliphatic carbocycles. The highest BCUT2D eigenvalue weighted by atomic mass is 16.7. The normalized spacial score (nSPS) is 22.9. The van der Waals surface area contributed by atoms with Gasteiger partial charge in [-0.15, -0.1) is 0 Å². The summed E-state index contributed by atoms with van der Waals surface area (Å²) in [5.41, 5.74) is 0. The van der Waals surface area contributed by atoms with E-state index in [4.69, 9.17) is 33.2 Å². The second-order valence-electron chi connectivity index (χ2n) is 8.57. The van der Waals surface area contributed by atoms with Gasteiger partial charge in [0.1, 0.15) is 24.2 Å². The Morgan fingerprint density at radius 2 is 1.30 bits per heavy atom. The molecule has 1 aromatic carbocycles. The lowest BCUT2D eigenvalue weighted by atomic mass is 9.98. The van der Waals surface area contributed by atoms with Crippen LogP contribution in [0.4, 0.5) is 0 Å². The van der Waals surface area contributed by atoms with Crippen LogP contribution in [0.5, 0.6) is 11.5 Å². The molecule has 1 saturated heterocycles. The number of unbranched alkanes of at least 4 members (excludes halogenated alkanes) is 3.